The maximum Gasteiger partial charge on any atom is 0.274 e. The monoisotopic (exact) mass is 281 g/mol. The Labute approximate surface area is 118 Å². The van der Waals surface area contributed by atoms with Gasteiger partial charge in [0.05, 0.1) is 5.02 Å². The minimum atomic E-state index is -0.122. The van der Waals surface area contributed by atoms with E-state index in [0.29, 0.717) is 22.7 Å². The first-order chi connectivity index (χ1) is 8.90. The molecule has 0 bridgehead atoms. The van der Waals surface area contributed by atoms with E-state index in [-0.39, 0.29) is 17.6 Å². The minimum Gasteiger partial charge on any atom is -0.384 e. The number of aromatic nitrogens is 1. The number of anilines is 1. The van der Waals surface area contributed by atoms with Crippen molar-refractivity contribution >= 4 is 23.3 Å². The van der Waals surface area contributed by atoms with Gasteiger partial charge in [0.1, 0.15) is 11.5 Å². The first kappa shape index (κ1) is 14.1. The third-order valence-electron chi connectivity index (χ3n) is 3.93. The number of rotatable bonds is 1. The molecular formula is C14H20ClN3O. The van der Waals surface area contributed by atoms with E-state index >= 15 is 0 Å². The smallest absolute Gasteiger partial charge is 0.274 e. The highest BCUT2D eigenvalue weighted by Crippen LogP contribution is 2.29. The molecule has 0 spiro atoms. The van der Waals surface area contributed by atoms with Crippen LogP contribution in [-0.4, -0.2) is 28.4 Å². The summed E-state index contributed by atoms with van der Waals surface area (Å²) in [5.41, 5.74) is 5.90. The molecule has 0 aliphatic carbocycles. The number of hydrogen-bond acceptors (Lipinski definition) is 3. The second kappa shape index (κ2) is 5.37. The van der Waals surface area contributed by atoms with E-state index in [0.717, 1.165) is 13.0 Å². The van der Waals surface area contributed by atoms with Crippen LogP contribution in [0, 0.1) is 11.8 Å². The molecule has 5 heteroatoms. The van der Waals surface area contributed by atoms with Crippen molar-refractivity contribution in [2.45, 2.75) is 33.2 Å². The number of nitrogens with zero attached hydrogens (tertiary/aromatic N) is 2. The van der Waals surface area contributed by atoms with Gasteiger partial charge < -0.3 is 10.6 Å². The van der Waals surface area contributed by atoms with Crippen molar-refractivity contribution in [1.29, 1.82) is 0 Å². The molecule has 1 amide bonds. The van der Waals surface area contributed by atoms with Crippen molar-refractivity contribution in [3.63, 3.8) is 0 Å². The van der Waals surface area contributed by atoms with Crippen molar-refractivity contribution in [3.05, 3.63) is 22.8 Å². The van der Waals surface area contributed by atoms with Gasteiger partial charge in [0.25, 0.3) is 5.91 Å². The number of piperidine rings is 1. The fraction of sp³-hybridized carbons (Fsp3) is 0.571. The summed E-state index contributed by atoms with van der Waals surface area (Å²) in [4.78, 5) is 18.6. The van der Waals surface area contributed by atoms with Crippen molar-refractivity contribution in [2.75, 3.05) is 12.3 Å². The van der Waals surface area contributed by atoms with Crippen LogP contribution >= 0.6 is 11.6 Å². The van der Waals surface area contributed by atoms with Crippen LogP contribution in [-0.2, 0) is 0 Å². The van der Waals surface area contributed by atoms with Gasteiger partial charge in [-0.1, -0.05) is 25.4 Å². The van der Waals surface area contributed by atoms with E-state index in [1.807, 2.05) is 4.90 Å². The van der Waals surface area contributed by atoms with Gasteiger partial charge in [-0.15, -0.1) is 0 Å². The molecule has 1 aromatic rings. The summed E-state index contributed by atoms with van der Waals surface area (Å²) in [5, 5.41) is 0.359. The lowest BCUT2D eigenvalue weighted by Crippen LogP contribution is -2.49. The average Bonchev–Trinajstić information content (AvgIpc) is 2.36. The second-order valence-corrected chi connectivity index (χ2v) is 5.99. The molecule has 3 unspecified atom stereocenters. The zero-order valence-electron chi connectivity index (χ0n) is 11.6. The molecule has 3 atom stereocenters. The zero-order valence-corrected chi connectivity index (χ0v) is 12.3. The Bertz CT molecular complexity index is 492. The predicted molar refractivity (Wildman–Crippen MR) is 77.1 cm³/mol. The molecule has 1 fully saturated rings. The lowest BCUT2D eigenvalue weighted by molar-refractivity contribution is 0.0450. The number of carbonyl (C=O) groups excluding carboxylic acids is 1. The molecule has 4 nitrogen and oxygen atoms in total. The second-order valence-electron chi connectivity index (χ2n) is 5.58. The number of likely N-dealkylation sites (tertiary alicyclic amines) is 1. The van der Waals surface area contributed by atoms with Crippen LogP contribution in [0.25, 0.3) is 0 Å². The number of hydrogen-bond donors (Lipinski definition) is 1. The predicted octanol–water partition coefficient (Wildman–Crippen LogP) is 2.82. The van der Waals surface area contributed by atoms with Gasteiger partial charge in [0.15, 0.2) is 0 Å². The van der Waals surface area contributed by atoms with Crippen molar-refractivity contribution in [2.24, 2.45) is 11.8 Å². The van der Waals surface area contributed by atoms with Crippen LogP contribution in [0.3, 0.4) is 0 Å². The fourth-order valence-electron chi connectivity index (χ4n) is 2.73. The molecule has 0 radical (unpaired) electrons. The summed E-state index contributed by atoms with van der Waals surface area (Å²) in [6, 6.07) is 3.42. The fourth-order valence-corrected chi connectivity index (χ4v) is 2.91. The molecule has 104 valence electrons. The highest BCUT2D eigenvalue weighted by Gasteiger charge is 2.33. The first-order valence-corrected chi connectivity index (χ1v) is 7.01. The largest absolute Gasteiger partial charge is 0.384 e. The summed E-state index contributed by atoms with van der Waals surface area (Å²) in [6.07, 6.45) is 1.14. The first-order valence-electron chi connectivity index (χ1n) is 6.63. The molecule has 0 saturated carbocycles. The topological polar surface area (TPSA) is 59.2 Å². The molecule has 1 aromatic heterocycles. The molecule has 2 N–H and O–H groups in total. The number of carbonyl (C=O) groups is 1. The summed E-state index contributed by atoms with van der Waals surface area (Å²) in [7, 11) is 0. The Morgan fingerprint density at radius 2 is 2.11 bits per heavy atom. The highest BCUT2D eigenvalue weighted by molar-refractivity contribution is 6.33. The Hall–Kier alpha value is -1.29. The molecule has 2 heterocycles. The number of halogens is 1. The van der Waals surface area contributed by atoms with Crippen LogP contribution in [0.1, 0.15) is 37.7 Å². The van der Waals surface area contributed by atoms with Crippen LogP contribution in [0.2, 0.25) is 5.02 Å². The van der Waals surface area contributed by atoms with Gasteiger partial charge in [-0.05, 0) is 37.3 Å². The van der Waals surface area contributed by atoms with E-state index in [2.05, 4.69) is 25.8 Å². The van der Waals surface area contributed by atoms with E-state index in [1.54, 1.807) is 12.1 Å². The van der Waals surface area contributed by atoms with E-state index in [4.69, 9.17) is 17.3 Å². The maximum atomic E-state index is 12.6. The van der Waals surface area contributed by atoms with Gasteiger partial charge in [0.2, 0.25) is 0 Å². The van der Waals surface area contributed by atoms with Gasteiger partial charge in [0, 0.05) is 12.6 Å². The number of amides is 1. The van der Waals surface area contributed by atoms with E-state index < -0.39 is 0 Å². The van der Waals surface area contributed by atoms with Crippen LogP contribution in [0.15, 0.2) is 12.1 Å². The molecule has 0 aromatic carbocycles. The minimum absolute atomic E-state index is 0.122. The average molecular weight is 282 g/mol. The van der Waals surface area contributed by atoms with Crippen molar-refractivity contribution in [3.8, 4) is 0 Å². The quantitative estimate of drug-likeness (QED) is 0.861. The van der Waals surface area contributed by atoms with Crippen molar-refractivity contribution < 1.29 is 4.79 Å². The third kappa shape index (κ3) is 2.84. The zero-order chi connectivity index (χ0) is 14.2. The van der Waals surface area contributed by atoms with Crippen LogP contribution in [0.4, 0.5) is 5.82 Å². The Morgan fingerprint density at radius 3 is 2.79 bits per heavy atom. The number of pyridine rings is 1. The highest BCUT2D eigenvalue weighted by atomic mass is 35.5. The van der Waals surface area contributed by atoms with Gasteiger partial charge in [-0.25, -0.2) is 4.98 Å². The molecule has 19 heavy (non-hydrogen) atoms. The Balaban J connectivity index is 2.30. The van der Waals surface area contributed by atoms with E-state index in [9.17, 15) is 4.79 Å². The maximum absolute atomic E-state index is 12.6. The summed E-state index contributed by atoms with van der Waals surface area (Å²) < 4.78 is 0. The lowest BCUT2D eigenvalue weighted by Gasteiger charge is -2.41. The van der Waals surface area contributed by atoms with Gasteiger partial charge in [-0.3, -0.25) is 4.79 Å². The normalized spacial score (nSPS) is 27.4. The van der Waals surface area contributed by atoms with Crippen molar-refractivity contribution in [1.82, 2.24) is 9.88 Å². The summed E-state index contributed by atoms with van der Waals surface area (Å²) in [5.74, 6) is 1.17. The molecule has 1 aliphatic heterocycles. The molecule has 1 aliphatic rings. The van der Waals surface area contributed by atoms with Crippen LogP contribution < -0.4 is 5.73 Å². The SMILES string of the molecule is CC1CC(C)C(C)N(C(=O)c2nc(N)ccc2Cl)C1. The Kier molecular flexibility index (Phi) is 3.99. The molecule has 2 rings (SSSR count). The molecule has 1 saturated heterocycles. The van der Waals surface area contributed by atoms with Gasteiger partial charge >= 0.3 is 0 Å². The standard InChI is InChI=1S/C14H20ClN3O/c1-8-6-9(2)10(3)18(7-8)14(19)13-11(15)4-5-12(16)17-13/h4-5,8-10H,6-7H2,1-3H3,(H2,16,17). The van der Waals surface area contributed by atoms with Gasteiger partial charge in [-0.2, -0.15) is 0 Å². The summed E-state index contributed by atoms with van der Waals surface area (Å²) in [6.45, 7) is 7.16. The number of nitrogen functional groups attached to an aromatic ring is 1. The number of nitrogens with two attached hydrogens (primary N) is 1. The third-order valence-corrected chi connectivity index (χ3v) is 4.23. The Morgan fingerprint density at radius 1 is 1.42 bits per heavy atom. The molecular weight excluding hydrogens is 262 g/mol. The summed E-state index contributed by atoms with van der Waals surface area (Å²) >= 11 is 6.07. The lowest BCUT2D eigenvalue weighted by atomic mass is 9.86. The van der Waals surface area contributed by atoms with Crippen LogP contribution in [0.5, 0.6) is 0 Å². The van der Waals surface area contributed by atoms with E-state index in [1.165, 1.54) is 0 Å².